The molecule has 1 unspecified atom stereocenters. The van der Waals surface area contributed by atoms with Crippen molar-refractivity contribution in [3.05, 3.63) is 60.2 Å². The first-order valence-electron chi connectivity index (χ1n) is 13.2. The zero-order valence-electron chi connectivity index (χ0n) is 20.9. The van der Waals surface area contributed by atoms with Gasteiger partial charge in [0, 0.05) is 43.7 Å². The first-order valence-corrected chi connectivity index (χ1v) is 13.2. The Hall–Kier alpha value is -3.35. The molecular weight excluding hydrogens is 454 g/mol. The molecule has 190 valence electrons. The zero-order chi connectivity index (χ0) is 25.1. The second-order valence-corrected chi connectivity index (χ2v) is 10.3. The van der Waals surface area contributed by atoms with Crippen LogP contribution in [0.1, 0.15) is 49.4 Å². The number of carbonyl (C=O) groups excluding carboxylic acids is 3. The summed E-state index contributed by atoms with van der Waals surface area (Å²) in [6.07, 6.45) is 3.91. The Morgan fingerprint density at radius 2 is 1.53 bits per heavy atom. The number of amides is 3. The molecule has 1 saturated carbocycles. The van der Waals surface area contributed by atoms with Crippen molar-refractivity contribution >= 4 is 17.9 Å². The highest BCUT2D eigenvalue weighted by Gasteiger charge is 2.58. The molecule has 0 aromatic heterocycles. The number of nitrogens with zero attached hydrogens (tertiary/aromatic N) is 2. The van der Waals surface area contributed by atoms with Gasteiger partial charge >= 0.3 is 6.09 Å². The Bertz CT molecular complexity index is 1090. The van der Waals surface area contributed by atoms with E-state index >= 15 is 0 Å². The number of piperidine rings is 2. The van der Waals surface area contributed by atoms with Crippen molar-refractivity contribution in [3.8, 4) is 11.1 Å². The van der Waals surface area contributed by atoms with Gasteiger partial charge in [-0.3, -0.25) is 9.59 Å². The predicted octanol–water partition coefficient (Wildman–Crippen LogP) is 4.33. The van der Waals surface area contributed by atoms with E-state index in [0.717, 1.165) is 43.2 Å². The van der Waals surface area contributed by atoms with E-state index in [1.54, 1.807) is 11.8 Å². The van der Waals surface area contributed by atoms with Crippen LogP contribution in [0.3, 0.4) is 0 Å². The fourth-order valence-electron chi connectivity index (χ4n) is 5.77. The zero-order valence-corrected chi connectivity index (χ0v) is 20.9. The van der Waals surface area contributed by atoms with E-state index in [1.807, 2.05) is 47.4 Å². The minimum absolute atomic E-state index is 0.0444. The largest absolute Gasteiger partial charge is 0.450 e. The molecule has 7 nitrogen and oxygen atoms in total. The van der Waals surface area contributed by atoms with Crippen molar-refractivity contribution in [1.29, 1.82) is 0 Å². The number of hydrogen-bond donors (Lipinski definition) is 1. The first-order chi connectivity index (χ1) is 17.5. The summed E-state index contributed by atoms with van der Waals surface area (Å²) in [6.45, 7) is 4.80. The molecule has 2 heterocycles. The molecule has 1 aliphatic carbocycles. The van der Waals surface area contributed by atoms with Crippen LogP contribution < -0.4 is 5.32 Å². The molecule has 0 radical (unpaired) electrons. The lowest BCUT2D eigenvalue weighted by Crippen LogP contribution is -2.47. The lowest BCUT2D eigenvalue weighted by molar-refractivity contribution is -0.124. The van der Waals surface area contributed by atoms with Crippen LogP contribution in [0.15, 0.2) is 54.6 Å². The molecule has 3 aliphatic rings. The van der Waals surface area contributed by atoms with Crippen LogP contribution in [0.2, 0.25) is 0 Å². The van der Waals surface area contributed by atoms with Crippen molar-refractivity contribution in [3.63, 3.8) is 0 Å². The Labute approximate surface area is 212 Å². The number of nitrogens with one attached hydrogen (secondary N) is 1. The van der Waals surface area contributed by atoms with Crippen LogP contribution in [0.25, 0.3) is 11.1 Å². The molecule has 1 atom stereocenters. The SMILES string of the molecule is CCOC(=O)N1CCC(NC(=O)C2CC23CCN(C(=O)c2ccc(-c4ccccc4)cc2)CC3)CC1. The fourth-order valence-corrected chi connectivity index (χ4v) is 5.77. The molecule has 36 heavy (non-hydrogen) atoms. The van der Waals surface area contributed by atoms with Crippen LogP contribution in [-0.4, -0.2) is 66.5 Å². The second kappa shape index (κ2) is 10.3. The number of carbonyl (C=O) groups is 3. The maximum atomic E-state index is 13.1. The Morgan fingerprint density at radius 3 is 2.17 bits per heavy atom. The van der Waals surface area contributed by atoms with Gasteiger partial charge in [-0.2, -0.15) is 0 Å². The van der Waals surface area contributed by atoms with E-state index in [2.05, 4.69) is 17.4 Å². The molecule has 0 bridgehead atoms. The van der Waals surface area contributed by atoms with Crippen molar-refractivity contribution < 1.29 is 19.1 Å². The van der Waals surface area contributed by atoms with E-state index in [9.17, 15) is 14.4 Å². The highest BCUT2D eigenvalue weighted by Crippen LogP contribution is 2.59. The number of benzene rings is 2. The van der Waals surface area contributed by atoms with Gasteiger partial charge < -0.3 is 19.9 Å². The summed E-state index contributed by atoms with van der Waals surface area (Å²) in [4.78, 5) is 41.6. The third-order valence-corrected chi connectivity index (χ3v) is 8.16. The Morgan fingerprint density at radius 1 is 0.889 bits per heavy atom. The lowest BCUT2D eigenvalue weighted by atomic mass is 9.90. The lowest BCUT2D eigenvalue weighted by Gasteiger charge is -2.34. The molecule has 3 amide bonds. The minimum atomic E-state index is -0.267. The van der Waals surface area contributed by atoms with Gasteiger partial charge in [-0.1, -0.05) is 42.5 Å². The van der Waals surface area contributed by atoms with E-state index in [4.69, 9.17) is 4.74 Å². The van der Waals surface area contributed by atoms with Crippen molar-refractivity contribution in [1.82, 2.24) is 15.1 Å². The van der Waals surface area contributed by atoms with Crippen LogP contribution in [0.5, 0.6) is 0 Å². The normalized spacial score (nSPS) is 21.2. The highest BCUT2D eigenvalue weighted by atomic mass is 16.6. The van der Waals surface area contributed by atoms with Gasteiger partial charge in [-0.25, -0.2) is 4.79 Å². The van der Waals surface area contributed by atoms with E-state index in [0.29, 0.717) is 38.3 Å². The standard InChI is InChI=1S/C29H35N3O4/c1-2-36-28(35)32-16-12-24(13-17-32)30-26(33)25-20-29(25)14-18-31(19-15-29)27(34)23-10-8-22(9-11-23)21-6-4-3-5-7-21/h3-11,24-25H,2,12-20H2,1H3,(H,30,33). The number of hydrogen-bond acceptors (Lipinski definition) is 4. The third-order valence-electron chi connectivity index (χ3n) is 8.16. The maximum absolute atomic E-state index is 13.1. The second-order valence-electron chi connectivity index (χ2n) is 10.3. The van der Waals surface area contributed by atoms with E-state index in [-0.39, 0.29) is 35.3 Å². The molecule has 2 aromatic carbocycles. The van der Waals surface area contributed by atoms with Gasteiger partial charge in [0.05, 0.1) is 6.61 Å². The number of likely N-dealkylation sites (tertiary alicyclic amines) is 2. The molecule has 2 aromatic rings. The number of rotatable bonds is 5. The van der Waals surface area contributed by atoms with Crippen LogP contribution in [-0.2, 0) is 9.53 Å². The smallest absolute Gasteiger partial charge is 0.409 e. The van der Waals surface area contributed by atoms with Crippen molar-refractivity contribution in [2.45, 2.75) is 45.1 Å². The summed E-state index contributed by atoms with van der Waals surface area (Å²) in [5.41, 5.74) is 3.00. The van der Waals surface area contributed by atoms with Gasteiger partial charge in [-0.15, -0.1) is 0 Å². The molecule has 2 aliphatic heterocycles. The van der Waals surface area contributed by atoms with E-state index < -0.39 is 0 Å². The summed E-state index contributed by atoms with van der Waals surface area (Å²) in [6, 6.07) is 18.1. The predicted molar refractivity (Wildman–Crippen MR) is 137 cm³/mol. The average molecular weight is 490 g/mol. The van der Waals surface area contributed by atoms with Gasteiger partial charge in [0.15, 0.2) is 0 Å². The molecule has 1 spiro atoms. The first kappa shape index (κ1) is 24.3. The topological polar surface area (TPSA) is 79.0 Å². The van der Waals surface area contributed by atoms with Crippen molar-refractivity contribution in [2.75, 3.05) is 32.8 Å². The maximum Gasteiger partial charge on any atom is 0.409 e. The highest BCUT2D eigenvalue weighted by molar-refractivity contribution is 5.95. The molecule has 5 rings (SSSR count). The summed E-state index contributed by atoms with van der Waals surface area (Å²) in [5.74, 6) is 0.253. The molecular formula is C29H35N3O4. The van der Waals surface area contributed by atoms with Gasteiger partial charge in [-0.05, 0) is 67.7 Å². The minimum Gasteiger partial charge on any atom is -0.450 e. The summed E-state index contributed by atoms with van der Waals surface area (Å²) in [5, 5.41) is 3.22. The quantitative estimate of drug-likeness (QED) is 0.678. The van der Waals surface area contributed by atoms with Crippen LogP contribution in [0.4, 0.5) is 4.79 Å². The summed E-state index contributed by atoms with van der Waals surface area (Å²) in [7, 11) is 0. The monoisotopic (exact) mass is 489 g/mol. The summed E-state index contributed by atoms with van der Waals surface area (Å²) >= 11 is 0. The Balaban J connectivity index is 1.08. The van der Waals surface area contributed by atoms with Crippen molar-refractivity contribution in [2.24, 2.45) is 11.3 Å². The van der Waals surface area contributed by atoms with Gasteiger partial charge in [0.25, 0.3) is 5.91 Å². The molecule has 1 N–H and O–H groups in total. The Kier molecular flexibility index (Phi) is 6.99. The number of ether oxygens (including phenoxy) is 1. The fraction of sp³-hybridized carbons (Fsp3) is 0.483. The molecule has 3 fully saturated rings. The average Bonchev–Trinajstić information content (AvgIpc) is 3.63. The van der Waals surface area contributed by atoms with Gasteiger partial charge in [0.2, 0.25) is 5.91 Å². The van der Waals surface area contributed by atoms with Gasteiger partial charge in [0.1, 0.15) is 0 Å². The molecule has 2 saturated heterocycles. The summed E-state index contributed by atoms with van der Waals surface area (Å²) < 4.78 is 5.07. The third kappa shape index (κ3) is 5.11. The van der Waals surface area contributed by atoms with E-state index in [1.165, 1.54) is 0 Å². The van der Waals surface area contributed by atoms with Crippen LogP contribution >= 0.6 is 0 Å². The van der Waals surface area contributed by atoms with Crippen LogP contribution in [0, 0.1) is 11.3 Å². The molecule has 7 heteroatoms.